The Morgan fingerprint density at radius 1 is 1.28 bits per heavy atom. The van der Waals surface area contributed by atoms with Gasteiger partial charge in [0.05, 0.1) is 5.41 Å². The molecule has 2 heterocycles. The standard InChI is InChI=1S/C15H25F2N/c1-11(2)7-14-8-13(9-15(13,16)17)10-18(14)6-5-12(14,3)4/h11H,5-10H2,1-4H3/t13-,14-/m1/s1/i7D2. The molecule has 0 aromatic rings. The van der Waals surface area contributed by atoms with Crippen LogP contribution in [0.15, 0.2) is 0 Å². The lowest BCUT2D eigenvalue weighted by Gasteiger charge is -2.44. The first-order valence-corrected chi connectivity index (χ1v) is 7.05. The molecule has 0 radical (unpaired) electrons. The summed E-state index contributed by atoms with van der Waals surface area (Å²) in [4.78, 5) is 2.06. The number of rotatable bonds is 2. The van der Waals surface area contributed by atoms with Crippen molar-refractivity contribution in [3.8, 4) is 0 Å². The van der Waals surface area contributed by atoms with Crippen LogP contribution in [0.1, 0.15) is 56.1 Å². The molecule has 0 unspecified atom stereocenters. The summed E-state index contributed by atoms with van der Waals surface area (Å²) >= 11 is 0. The molecule has 3 rings (SSSR count). The molecular formula is C15H25F2N. The highest BCUT2D eigenvalue weighted by atomic mass is 19.3. The van der Waals surface area contributed by atoms with Crippen LogP contribution >= 0.6 is 0 Å². The van der Waals surface area contributed by atoms with Gasteiger partial charge in [-0.3, -0.25) is 4.90 Å². The third kappa shape index (κ3) is 1.40. The highest BCUT2D eigenvalue weighted by molar-refractivity contribution is 5.25. The van der Waals surface area contributed by atoms with Crippen molar-refractivity contribution in [1.82, 2.24) is 4.90 Å². The Morgan fingerprint density at radius 3 is 2.39 bits per heavy atom. The van der Waals surface area contributed by atoms with E-state index in [1.54, 1.807) is 0 Å². The van der Waals surface area contributed by atoms with Crippen molar-refractivity contribution in [1.29, 1.82) is 0 Å². The zero-order chi connectivity index (χ0) is 15.2. The van der Waals surface area contributed by atoms with Crippen LogP contribution < -0.4 is 0 Å². The summed E-state index contributed by atoms with van der Waals surface area (Å²) in [7, 11) is 0. The van der Waals surface area contributed by atoms with Crippen molar-refractivity contribution in [2.24, 2.45) is 16.7 Å². The summed E-state index contributed by atoms with van der Waals surface area (Å²) in [5.74, 6) is -2.77. The van der Waals surface area contributed by atoms with Crippen LogP contribution in [0.2, 0.25) is 0 Å². The molecule has 3 aliphatic rings. The minimum Gasteiger partial charge on any atom is -0.296 e. The Labute approximate surface area is 112 Å². The molecule has 0 aromatic carbocycles. The minimum atomic E-state index is -2.59. The van der Waals surface area contributed by atoms with Crippen molar-refractivity contribution < 1.29 is 11.5 Å². The van der Waals surface area contributed by atoms with Crippen molar-refractivity contribution in [2.75, 3.05) is 13.1 Å². The normalized spacial score (nSPS) is 47.3. The largest absolute Gasteiger partial charge is 0.296 e. The van der Waals surface area contributed by atoms with Gasteiger partial charge in [0.25, 0.3) is 5.92 Å². The van der Waals surface area contributed by atoms with Crippen molar-refractivity contribution in [3.63, 3.8) is 0 Å². The van der Waals surface area contributed by atoms with Crippen LogP contribution in [-0.4, -0.2) is 29.5 Å². The van der Waals surface area contributed by atoms with E-state index in [0.717, 1.165) is 13.0 Å². The summed E-state index contributed by atoms with van der Waals surface area (Å²) in [6.45, 7) is 8.99. The van der Waals surface area contributed by atoms with Gasteiger partial charge in [-0.25, -0.2) is 8.78 Å². The lowest BCUT2D eigenvalue weighted by Crippen LogP contribution is -2.48. The van der Waals surface area contributed by atoms with Gasteiger partial charge < -0.3 is 0 Å². The van der Waals surface area contributed by atoms with E-state index in [-0.39, 0.29) is 17.8 Å². The number of alkyl halides is 2. The Hall–Kier alpha value is -0.180. The molecule has 0 aromatic heterocycles. The van der Waals surface area contributed by atoms with Crippen LogP contribution in [0, 0.1) is 16.7 Å². The first-order chi connectivity index (χ1) is 8.92. The zero-order valence-electron chi connectivity index (χ0n) is 13.8. The number of halogens is 2. The molecule has 2 aliphatic heterocycles. The molecule has 2 saturated heterocycles. The molecule has 0 bridgehead atoms. The van der Waals surface area contributed by atoms with Crippen LogP contribution in [0.5, 0.6) is 0 Å². The van der Waals surface area contributed by atoms with E-state index in [1.165, 1.54) is 0 Å². The molecule has 2 atom stereocenters. The van der Waals surface area contributed by atoms with Crippen molar-refractivity contribution in [2.45, 2.75) is 64.8 Å². The van der Waals surface area contributed by atoms with Gasteiger partial charge in [0, 0.05) is 21.2 Å². The van der Waals surface area contributed by atoms with E-state index in [1.807, 2.05) is 13.8 Å². The smallest absolute Gasteiger partial charge is 0.255 e. The SMILES string of the molecule is [2H]C([2H])(C(C)C)[C@]12C[C@]3(CN1CCC2(C)C)CC3(F)F. The molecule has 0 amide bonds. The zero-order valence-corrected chi connectivity index (χ0v) is 11.8. The van der Waals surface area contributed by atoms with E-state index in [0.29, 0.717) is 13.0 Å². The second kappa shape index (κ2) is 3.28. The first-order valence-electron chi connectivity index (χ1n) is 8.05. The second-order valence-corrected chi connectivity index (χ2v) is 7.55. The van der Waals surface area contributed by atoms with Crippen LogP contribution in [0.3, 0.4) is 0 Å². The van der Waals surface area contributed by atoms with Crippen LogP contribution in [0.4, 0.5) is 8.78 Å². The summed E-state index contributed by atoms with van der Waals surface area (Å²) in [6.07, 6.45) is -0.302. The Bertz CT molecular complexity index is 449. The van der Waals surface area contributed by atoms with E-state index >= 15 is 0 Å². The average Bonchev–Trinajstić information content (AvgIpc) is 2.57. The molecular weight excluding hydrogens is 232 g/mol. The van der Waals surface area contributed by atoms with Crippen molar-refractivity contribution >= 4 is 0 Å². The second-order valence-electron chi connectivity index (χ2n) is 7.55. The Kier molecular flexibility index (Phi) is 1.93. The third-order valence-electron chi connectivity index (χ3n) is 5.49. The third-order valence-corrected chi connectivity index (χ3v) is 5.49. The molecule has 104 valence electrons. The summed E-state index contributed by atoms with van der Waals surface area (Å²) in [6, 6.07) is 0. The van der Waals surface area contributed by atoms with Gasteiger partial charge >= 0.3 is 0 Å². The van der Waals surface area contributed by atoms with Crippen LogP contribution in [0.25, 0.3) is 0 Å². The molecule has 0 N–H and O–H groups in total. The molecule has 3 heteroatoms. The van der Waals surface area contributed by atoms with Gasteiger partial charge in [0.1, 0.15) is 0 Å². The maximum absolute atomic E-state index is 13.9. The Balaban J connectivity index is 2.08. The summed E-state index contributed by atoms with van der Waals surface area (Å²) in [5.41, 5.74) is -1.95. The van der Waals surface area contributed by atoms with Gasteiger partial charge in [0.15, 0.2) is 0 Å². The minimum absolute atomic E-state index is 0.0531. The van der Waals surface area contributed by atoms with Gasteiger partial charge in [0.2, 0.25) is 0 Å². The van der Waals surface area contributed by atoms with Crippen molar-refractivity contribution in [3.05, 3.63) is 0 Å². The van der Waals surface area contributed by atoms with E-state index in [2.05, 4.69) is 18.7 Å². The van der Waals surface area contributed by atoms with Gasteiger partial charge in [-0.15, -0.1) is 0 Å². The first kappa shape index (κ1) is 10.6. The molecule has 18 heavy (non-hydrogen) atoms. The molecule has 1 nitrogen and oxygen atoms in total. The predicted molar refractivity (Wildman–Crippen MR) is 68.8 cm³/mol. The van der Waals surface area contributed by atoms with E-state index in [9.17, 15) is 8.78 Å². The maximum atomic E-state index is 13.9. The van der Waals surface area contributed by atoms with Gasteiger partial charge in [-0.05, 0) is 37.1 Å². The molecule has 1 saturated carbocycles. The fourth-order valence-electron chi connectivity index (χ4n) is 4.28. The van der Waals surface area contributed by atoms with E-state index in [4.69, 9.17) is 2.74 Å². The maximum Gasteiger partial charge on any atom is 0.255 e. The van der Waals surface area contributed by atoms with Crippen LogP contribution in [-0.2, 0) is 0 Å². The predicted octanol–water partition coefficient (Wildman–Crippen LogP) is 3.93. The number of hydrogen-bond acceptors (Lipinski definition) is 1. The highest BCUT2D eigenvalue weighted by Crippen LogP contribution is 2.72. The van der Waals surface area contributed by atoms with Gasteiger partial charge in [-0.2, -0.15) is 0 Å². The lowest BCUT2D eigenvalue weighted by molar-refractivity contribution is 0.0541. The monoisotopic (exact) mass is 259 g/mol. The Morgan fingerprint density at radius 2 is 1.89 bits per heavy atom. The highest BCUT2D eigenvalue weighted by Gasteiger charge is 2.78. The molecule has 1 spiro atoms. The number of hydrogen-bond donors (Lipinski definition) is 0. The van der Waals surface area contributed by atoms with Gasteiger partial charge in [-0.1, -0.05) is 27.7 Å². The number of nitrogens with zero attached hydrogens (tertiary/aromatic N) is 1. The molecule has 1 aliphatic carbocycles. The average molecular weight is 259 g/mol. The number of fused-ring (bicyclic) bond motifs is 1. The fourth-order valence-corrected chi connectivity index (χ4v) is 4.28. The molecule has 3 fully saturated rings. The summed E-state index contributed by atoms with van der Waals surface area (Å²) in [5, 5.41) is 0. The topological polar surface area (TPSA) is 3.24 Å². The fraction of sp³-hybridized carbons (Fsp3) is 1.00. The van der Waals surface area contributed by atoms with E-state index < -0.39 is 23.2 Å². The lowest BCUT2D eigenvalue weighted by atomic mass is 9.66. The summed E-state index contributed by atoms with van der Waals surface area (Å²) < 4.78 is 45.1. The quantitative estimate of drug-likeness (QED) is 0.726.